The lowest BCUT2D eigenvalue weighted by molar-refractivity contribution is 0.712. The van der Waals surface area contributed by atoms with Crippen LogP contribution in [-0.2, 0) is 13.5 Å². The summed E-state index contributed by atoms with van der Waals surface area (Å²) in [5.41, 5.74) is 8.29. The number of nitrogens with two attached hydrogens (primary N) is 1. The highest BCUT2D eigenvalue weighted by Crippen LogP contribution is 2.21. The van der Waals surface area contributed by atoms with E-state index >= 15 is 0 Å². The highest BCUT2D eigenvalue weighted by molar-refractivity contribution is 7.11. The standard InChI is InChI=1S/C11H16N4S/c1-7-8(2)16-11(14-7)4-10(12)9-5-13-15(3)6-9/h5-6,10H,4,12H2,1-3H3. The average molecular weight is 236 g/mol. The number of hydrogen-bond acceptors (Lipinski definition) is 4. The zero-order valence-electron chi connectivity index (χ0n) is 9.77. The molecule has 4 nitrogen and oxygen atoms in total. The molecule has 0 bridgehead atoms. The molecule has 0 saturated carbocycles. The zero-order chi connectivity index (χ0) is 11.7. The Hall–Kier alpha value is -1.20. The van der Waals surface area contributed by atoms with E-state index in [0.717, 1.165) is 22.7 Å². The second-order valence-corrected chi connectivity index (χ2v) is 5.29. The lowest BCUT2D eigenvalue weighted by Gasteiger charge is -2.06. The van der Waals surface area contributed by atoms with Gasteiger partial charge in [0.15, 0.2) is 0 Å². The maximum atomic E-state index is 6.11. The van der Waals surface area contributed by atoms with Crippen molar-refractivity contribution < 1.29 is 0 Å². The third-order valence-electron chi connectivity index (χ3n) is 2.62. The molecule has 86 valence electrons. The van der Waals surface area contributed by atoms with Gasteiger partial charge < -0.3 is 5.73 Å². The van der Waals surface area contributed by atoms with Crippen LogP contribution in [0.3, 0.4) is 0 Å². The molecule has 2 N–H and O–H groups in total. The summed E-state index contributed by atoms with van der Waals surface area (Å²) in [5, 5.41) is 5.22. The Morgan fingerprint density at radius 2 is 2.25 bits per heavy atom. The van der Waals surface area contributed by atoms with E-state index in [2.05, 4.69) is 17.0 Å². The van der Waals surface area contributed by atoms with Gasteiger partial charge in [-0.25, -0.2) is 4.98 Å². The van der Waals surface area contributed by atoms with Crippen molar-refractivity contribution in [2.24, 2.45) is 12.8 Å². The lowest BCUT2D eigenvalue weighted by Crippen LogP contribution is -2.12. The summed E-state index contributed by atoms with van der Waals surface area (Å²) in [6.07, 6.45) is 4.56. The first-order valence-corrected chi connectivity index (χ1v) is 6.05. The quantitative estimate of drug-likeness (QED) is 0.883. The second kappa shape index (κ2) is 4.35. The smallest absolute Gasteiger partial charge is 0.0949 e. The molecule has 2 rings (SSSR count). The number of hydrogen-bond donors (Lipinski definition) is 1. The first-order valence-electron chi connectivity index (χ1n) is 5.23. The van der Waals surface area contributed by atoms with Gasteiger partial charge in [-0.2, -0.15) is 5.10 Å². The average Bonchev–Trinajstić information content (AvgIpc) is 2.75. The van der Waals surface area contributed by atoms with Gasteiger partial charge in [0.1, 0.15) is 0 Å². The summed E-state index contributed by atoms with van der Waals surface area (Å²) in [7, 11) is 1.90. The minimum Gasteiger partial charge on any atom is -0.324 e. The van der Waals surface area contributed by atoms with Crippen LogP contribution in [0.2, 0.25) is 0 Å². The van der Waals surface area contributed by atoms with Gasteiger partial charge in [0.05, 0.1) is 16.9 Å². The highest BCUT2D eigenvalue weighted by atomic mass is 32.1. The Morgan fingerprint density at radius 3 is 2.75 bits per heavy atom. The number of aryl methyl sites for hydroxylation is 3. The Morgan fingerprint density at radius 1 is 1.50 bits per heavy atom. The molecular weight excluding hydrogens is 220 g/mol. The maximum Gasteiger partial charge on any atom is 0.0949 e. The molecule has 0 saturated heterocycles. The van der Waals surface area contributed by atoms with E-state index in [-0.39, 0.29) is 6.04 Å². The molecule has 0 fully saturated rings. The predicted octanol–water partition coefficient (Wildman–Crippen LogP) is 1.74. The molecule has 0 aromatic carbocycles. The lowest BCUT2D eigenvalue weighted by atomic mass is 10.1. The van der Waals surface area contributed by atoms with Gasteiger partial charge in [-0.1, -0.05) is 0 Å². The van der Waals surface area contributed by atoms with Crippen LogP contribution in [0.1, 0.15) is 27.2 Å². The van der Waals surface area contributed by atoms with Crippen LogP contribution in [0.15, 0.2) is 12.4 Å². The third kappa shape index (κ3) is 2.31. The molecule has 0 amide bonds. The van der Waals surface area contributed by atoms with Gasteiger partial charge >= 0.3 is 0 Å². The Labute approximate surface area is 99.1 Å². The molecule has 5 heteroatoms. The molecule has 0 aliphatic carbocycles. The van der Waals surface area contributed by atoms with Crippen molar-refractivity contribution in [1.29, 1.82) is 0 Å². The summed E-state index contributed by atoms with van der Waals surface area (Å²) in [6.45, 7) is 4.12. The first kappa shape index (κ1) is 11.3. The summed E-state index contributed by atoms with van der Waals surface area (Å²) in [5.74, 6) is 0. The molecule has 2 aromatic heterocycles. The van der Waals surface area contributed by atoms with E-state index in [1.165, 1.54) is 4.88 Å². The van der Waals surface area contributed by atoms with Gasteiger partial charge in [-0.15, -0.1) is 11.3 Å². The fourth-order valence-electron chi connectivity index (χ4n) is 1.56. The molecule has 2 aromatic rings. The van der Waals surface area contributed by atoms with E-state index in [1.807, 2.05) is 26.4 Å². The van der Waals surface area contributed by atoms with Crippen molar-refractivity contribution in [3.8, 4) is 0 Å². The van der Waals surface area contributed by atoms with E-state index in [9.17, 15) is 0 Å². The van der Waals surface area contributed by atoms with Crippen LogP contribution in [0.25, 0.3) is 0 Å². The van der Waals surface area contributed by atoms with Crippen molar-refractivity contribution in [2.45, 2.75) is 26.3 Å². The van der Waals surface area contributed by atoms with Crippen LogP contribution in [-0.4, -0.2) is 14.8 Å². The number of aromatic nitrogens is 3. The molecule has 16 heavy (non-hydrogen) atoms. The monoisotopic (exact) mass is 236 g/mol. The molecular formula is C11H16N4S. The van der Waals surface area contributed by atoms with Crippen LogP contribution in [0.4, 0.5) is 0 Å². The molecule has 2 heterocycles. The Balaban J connectivity index is 2.10. The molecule has 0 spiro atoms. The van der Waals surface area contributed by atoms with E-state index in [0.29, 0.717) is 0 Å². The predicted molar refractivity (Wildman–Crippen MR) is 65.4 cm³/mol. The zero-order valence-corrected chi connectivity index (χ0v) is 10.6. The van der Waals surface area contributed by atoms with E-state index in [1.54, 1.807) is 16.0 Å². The van der Waals surface area contributed by atoms with Gasteiger partial charge in [-0.3, -0.25) is 4.68 Å². The molecule has 1 atom stereocenters. The fraction of sp³-hybridized carbons (Fsp3) is 0.455. The fourth-order valence-corrected chi connectivity index (χ4v) is 2.56. The molecule has 0 aliphatic rings. The van der Waals surface area contributed by atoms with Crippen LogP contribution in [0, 0.1) is 13.8 Å². The number of nitrogens with zero attached hydrogens (tertiary/aromatic N) is 3. The van der Waals surface area contributed by atoms with Crippen molar-refractivity contribution in [3.63, 3.8) is 0 Å². The summed E-state index contributed by atoms with van der Waals surface area (Å²) < 4.78 is 1.77. The van der Waals surface area contributed by atoms with Crippen LogP contribution < -0.4 is 5.73 Å². The van der Waals surface area contributed by atoms with Crippen molar-refractivity contribution in [1.82, 2.24) is 14.8 Å². The molecule has 0 radical (unpaired) electrons. The van der Waals surface area contributed by atoms with Gasteiger partial charge in [0.25, 0.3) is 0 Å². The SMILES string of the molecule is Cc1nc(CC(N)c2cnn(C)c2)sc1C. The van der Waals surface area contributed by atoms with Crippen molar-refractivity contribution in [2.75, 3.05) is 0 Å². The van der Waals surface area contributed by atoms with Crippen molar-refractivity contribution in [3.05, 3.63) is 33.5 Å². The highest BCUT2D eigenvalue weighted by Gasteiger charge is 2.12. The summed E-state index contributed by atoms with van der Waals surface area (Å²) in [4.78, 5) is 5.77. The first-order chi connectivity index (χ1) is 7.56. The maximum absolute atomic E-state index is 6.11. The van der Waals surface area contributed by atoms with E-state index in [4.69, 9.17) is 5.73 Å². The minimum atomic E-state index is -0.0151. The van der Waals surface area contributed by atoms with E-state index < -0.39 is 0 Å². The van der Waals surface area contributed by atoms with Crippen LogP contribution >= 0.6 is 11.3 Å². The second-order valence-electron chi connectivity index (χ2n) is 4.01. The normalized spacial score (nSPS) is 13.0. The Bertz CT molecular complexity index is 466. The van der Waals surface area contributed by atoms with Gasteiger partial charge in [0.2, 0.25) is 0 Å². The molecule has 0 aliphatic heterocycles. The van der Waals surface area contributed by atoms with Crippen LogP contribution in [0.5, 0.6) is 0 Å². The van der Waals surface area contributed by atoms with Gasteiger partial charge in [0, 0.05) is 36.1 Å². The van der Waals surface area contributed by atoms with Crippen molar-refractivity contribution >= 4 is 11.3 Å². The number of thiazole rings is 1. The summed E-state index contributed by atoms with van der Waals surface area (Å²) >= 11 is 1.73. The summed E-state index contributed by atoms with van der Waals surface area (Å²) in [6, 6.07) is -0.0151. The topological polar surface area (TPSA) is 56.7 Å². The van der Waals surface area contributed by atoms with Gasteiger partial charge in [-0.05, 0) is 13.8 Å². The largest absolute Gasteiger partial charge is 0.324 e. The molecule has 1 unspecified atom stereocenters. The third-order valence-corrected chi connectivity index (χ3v) is 3.72. The minimum absolute atomic E-state index is 0.0151. The number of rotatable bonds is 3. The Kier molecular flexibility index (Phi) is 3.07.